The number of aromatic nitrogens is 2. The quantitative estimate of drug-likeness (QED) is 0.751. The Hall–Kier alpha value is -3.86. The molecule has 0 atom stereocenters. The number of carbonyl (C=O) groups excluding carboxylic acids is 1. The molecule has 26 heavy (non-hydrogen) atoms. The summed E-state index contributed by atoms with van der Waals surface area (Å²) in [6, 6.07) is 13.0. The molecule has 6 nitrogen and oxygen atoms in total. The van der Waals surface area contributed by atoms with Crippen LogP contribution >= 0.6 is 0 Å². The first kappa shape index (κ1) is 17.0. The van der Waals surface area contributed by atoms with Gasteiger partial charge in [-0.15, -0.1) is 10.2 Å². The van der Waals surface area contributed by atoms with Gasteiger partial charge in [0, 0.05) is 5.69 Å². The average molecular weight is 351 g/mol. The third kappa shape index (κ3) is 3.32. The first-order valence-electron chi connectivity index (χ1n) is 7.38. The van der Waals surface area contributed by atoms with Crippen LogP contribution in [0.3, 0.4) is 0 Å². The van der Waals surface area contributed by atoms with Gasteiger partial charge in [0.25, 0.3) is 5.91 Å². The monoisotopic (exact) mass is 351 g/mol. The molecule has 0 aliphatic carbocycles. The molecule has 0 saturated carbocycles. The van der Waals surface area contributed by atoms with E-state index in [1.165, 1.54) is 12.1 Å². The number of nitrogens with two attached hydrogens (primary N) is 1. The first-order valence-corrected chi connectivity index (χ1v) is 7.38. The fourth-order valence-corrected chi connectivity index (χ4v) is 2.32. The number of hydrogen-bond acceptors (Lipinski definition) is 5. The van der Waals surface area contributed by atoms with E-state index in [-0.39, 0.29) is 22.6 Å². The Morgan fingerprint density at radius 2 is 1.73 bits per heavy atom. The normalized spacial score (nSPS) is 10.2. The van der Waals surface area contributed by atoms with Crippen LogP contribution in [-0.4, -0.2) is 16.1 Å². The van der Waals surface area contributed by atoms with E-state index in [1.54, 1.807) is 24.3 Å². The Morgan fingerprint density at radius 3 is 2.31 bits per heavy atom. The van der Waals surface area contributed by atoms with E-state index in [9.17, 15) is 13.6 Å². The zero-order valence-electron chi connectivity index (χ0n) is 13.2. The minimum absolute atomic E-state index is 0.0956. The number of rotatable bonds is 4. The van der Waals surface area contributed by atoms with Gasteiger partial charge in [-0.3, -0.25) is 4.79 Å². The molecule has 0 spiro atoms. The number of hydrogen-bond donors (Lipinski definition) is 2. The van der Waals surface area contributed by atoms with Crippen LogP contribution in [0.1, 0.15) is 16.1 Å². The van der Waals surface area contributed by atoms with Gasteiger partial charge in [0.2, 0.25) is 0 Å². The Bertz CT molecular complexity index is 1010. The summed E-state index contributed by atoms with van der Waals surface area (Å²) in [5, 5.41) is 19.1. The molecule has 0 saturated heterocycles. The van der Waals surface area contributed by atoms with Gasteiger partial charge in [-0.25, -0.2) is 8.78 Å². The summed E-state index contributed by atoms with van der Waals surface area (Å²) in [6.45, 7) is 0. The van der Waals surface area contributed by atoms with E-state index >= 15 is 0 Å². The lowest BCUT2D eigenvalue weighted by molar-refractivity contribution is 0.0995. The molecular weight excluding hydrogens is 340 g/mol. The predicted molar refractivity (Wildman–Crippen MR) is 90.3 cm³/mol. The molecule has 3 N–H and O–H groups in total. The summed E-state index contributed by atoms with van der Waals surface area (Å²) < 4.78 is 28.0. The SMILES string of the molecule is N#Cc1ccc(Nc2cc(-c3c(F)cccc3F)nnc2C(N)=O)cc1. The fraction of sp³-hybridized carbons (Fsp3) is 0. The molecule has 1 amide bonds. The number of nitrogens with zero attached hydrogens (tertiary/aromatic N) is 3. The van der Waals surface area contributed by atoms with Crippen molar-refractivity contribution in [3.05, 3.63) is 71.4 Å². The zero-order chi connectivity index (χ0) is 18.7. The van der Waals surface area contributed by atoms with Crippen molar-refractivity contribution in [2.75, 3.05) is 5.32 Å². The van der Waals surface area contributed by atoms with Crippen molar-refractivity contribution in [1.82, 2.24) is 10.2 Å². The minimum atomic E-state index is -0.853. The van der Waals surface area contributed by atoms with Crippen LogP contribution in [0.2, 0.25) is 0 Å². The van der Waals surface area contributed by atoms with Crippen molar-refractivity contribution in [2.45, 2.75) is 0 Å². The topological polar surface area (TPSA) is 105 Å². The minimum Gasteiger partial charge on any atom is -0.364 e. The molecule has 0 fully saturated rings. The molecule has 8 heteroatoms. The molecule has 2 aromatic carbocycles. The zero-order valence-corrected chi connectivity index (χ0v) is 13.2. The van der Waals surface area contributed by atoms with Crippen molar-refractivity contribution < 1.29 is 13.6 Å². The number of nitrogens with one attached hydrogen (secondary N) is 1. The Labute approximate surface area is 146 Å². The second-order valence-corrected chi connectivity index (χ2v) is 5.27. The molecule has 1 aromatic heterocycles. The molecule has 3 rings (SSSR count). The molecular formula is C18H11F2N5O. The average Bonchev–Trinajstić information content (AvgIpc) is 2.62. The lowest BCUT2D eigenvalue weighted by atomic mass is 10.1. The van der Waals surface area contributed by atoms with E-state index in [0.717, 1.165) is 12.1 Å². The number of anilines is 2. The van der Waals surface area contributed by atoms with Crippen LogP contribution in [-0.2, 0) is 0 Å². The van der Waals surface area contributed by atoms with Gasteiger partial charge in [0.15, 0.2) is 5.69 Å². The largest absolute Gasteiger partial charge is 0.364 e. The van der Waals surface area contributed by atoms with Gasteiger partial charge >= 0.3 is 0 Å². The van der Waals surface area contributed by atoms with Gasteiger partial charge in [0.05, 0.1) is 22.9 Å². The van der Waals surface area contributed by atoms with Crippen LogP contribution in [0.25, 0.3) is 11.3 Å². The van der Waals surface area contributed by atoms with Gasteiger partial charge in [-0.1, -0.05) is 6.07 Å². The smallest absolute Gasteiger partial charge is 0.271 e. The van der Waals surface area contributed by atoms with Crippen LogP contribution in [0.5, 0.6) is 0 Å². The van der Waals surface area contributed by atoms with Gasteiger partial charge in [0.1, 0.15) is 17.3 Å². The summed E-state index contributed by atoms with van der Waals surface area (Å²) in [4.78, 5) is 11.6. The van der Waals surface area contributed by atoms with Crippen LogP contribution < -0.4 is 11.1 Å². The molecule has 0 aliphatic rings. The fourth-order valence-electron chi connectivity index (χ4n) is 2.32. The highest BCUT2D eigenvalue weighted by atomic mass is 19.1. The Morgan fingerprint density at radius 1 is 1.08 bits per heavy atom. The highest BCUT2D eigenvalue weighted by Crippen LogP contribution is 2.28. The standard InChI is InChI=1S/C18H11F2N5O/c19-12-2-1-3-13(20)16(12)14-8-15(17(18(22)26)25-24-14)23-11-6-4-10(9-21)5-7-11/h1-8H,(H2,22,26)(H,23,24). The number of primary amides is 1. The van der Waals surface area contributed by atoms with Crippen molar-refractivity contribution in [3.8, 4) is 17.3 Å². The third-order valence-electron chi connectivity index (χ3n) is 3.54. The summed E-state index contributed by atoms with van der Waals surface area (Å²) in [5.74, 6) is -2.47. The first-order chi connectivity index (χ1) is 12.5. The predicted octanol–water partition coefficient (Wildman–Crippen LogP) is 3.14. The molecule has 128 valence electrons. The summed E-state index contributed by atoms with van der Waals surface area (Å²) in [7, 11) is 0. The van der Waals surface area contributed by atoms with Gasteiger partial charge < -0.3 is 11.1 Å². The highest BCUT2D eigenvalue weighted by Gasteiger charge is 2.18. The van der Waals surface area contributed by atoms with E-state index in [4.69, 9.17) is 11.0 Å². The lowest BCUT2D eigenvalue weighted by Gasteiger charge is -2.11. The van der Waals surface area contributed by atoms with E-state index in [1.807, 2.05) is 6.07 Å². The van der Waals surface area contributed by atoms with Crippen molar-refractivity contribution >= 4 is 17.3 Å². The molecule has 0 bridgehead atoms. The van der Waals surface area contributed by atoms with Gasteiger partial charge in [-0.2, -0.15) is 5.26 Å². The Balaban J connectivity index is 2.07. The van der Waals surface area contributed by atoms with Gasteiger partial charge in [-0.05, 0) is 42.5 Å². The van der Waals surface area contributed by atoms with Crippen molar-refractivity contribution in [2.24, 2.45) is 5.73 Å². The molecule has 1 heterocycles. The summed E-state index contributed by atoms with van der Waals surface area (Å²) >= 11 is 0. The van der Waals surface area contributed by atoms with Crippen LogP contribution in [0.15, 0.2) is 48.5 Å². The van der Waals surface area contributed by atoms with E-state index in [2.05, 4.69) is 15.5 Å². The molecule has 0 unspecified atom stereocenters. The number of halogens is 2. The van der Waals surface area contributed by atoms with Crippen LogP contribution in [0.4, 0.5) is 20.2 Å². The number of amides is 1. The van der Waals surface area contributed by atoms with Crippen LogP contribution in [0, 0.1) is 23.0 Å². The molecule has 3 aromatic rings. The lowest BCUT2D eigenvalue weighted by Crippen LogP contribution is -2.16. The molecule has 0 radical (unpaired) electrons. The van der Waals surface area contributed by atoms with E-state index in [0.29, 0.717) is 11.3 Å². The summed E-state index contributed by atoms with van der Waals surface area (Å²) in [6.07, 6.45) is 0. The maximum absolute atomic E-state index is 14.0. The number of nitriles is 1. The third-order valence-corrected chi connectivity index (χ3v) is 3.54. The maximum Gasteiger partial charge on any atom is 0.271 e. The second-order valence-electron chi connectivity index (χ2n) is 5.27. The van der Waals surface area contributed by atoms with Crippen molar-refractivity contribution in [3.63, 3.8) is 0 Å². The second kappa shape index (κ2) is 6.94. The maximum atomic E-state index is 14.0. The summed E-state index contributed by atoms with van der Waals surface area (Å²) in [5.41, 5.74) is 5.76. The number of benzene rings is 2. The van der Waals surface area contributed by atoms with E-state index < -0.39 is 17.5 Å². The molecule has 0 aliphatic heterocycles. The Kier molecular flexibility index (Phi) is 4.53. The highest BCUT2D eigenvalue weighted by molar-refractivity contribution is 5.97. The van der Waals surface area contributed by atoms with Crippen molar-refractivity contribution in [1.29, 1.82) is 5.26 Å². The number of carbonyl (C=O) groups is 1.